The number of hydrogen-bond donors (Lipinski definition) is 1. The highest BCUT2D eigenvalue weighted by Crippen LogP contribution is 2.32. The molecule has 0 saturated heterocycles. The monoisotopic (exact) mass is 318 g/mol. The number of benzene rings is 1. The van der Waals surface area contributed by atoms with E-state index in [1.807, 2.05) is 0 Å². The first-order chi connectivity index (χ1) is 9.90. The normalized spacial score (nSPS) is 11.5. The summed E-state index contributed by atoms with van der Waals surface area (Å²) in [5, 5.41) is 8.40. The molecule has 1 aromatic carbocycles. The molecule has 0 radical (unpaired) electrons. The Morgan fingerprint density at radius 2 is 1.90 bits per heavy atom. The van der Waals surface area contributed by atoms with Crippen LogP contribution in [0.15, 0.2) is 30.3 Å². The molecule has 0 spiro atoms. The lowest BCUT2D eigenvalue weighted by molar-refractivity contribution is -0.141. The van der Waals surface area contributed by atoms with Crippen molar-refractivity contribution < 1.29 is 23.0 Å². The maximum absolute atomic E-state index is 12.6. The summed E-state index contributed by atoms with van der Waals surface area (Å²) in [5.74, 6) is -0.0119. The minimum Gasteiger partial charge on any atom is -0.439 e. The van der Waals surface area contributed by atoms with Crippen LogP contribution >= 0.6 is 11.6 Å². The molecular weight excluding hydrogens is 309 g/mol. The van der Waals surface area contributed by atoms with Gasteiger partial charge in [-0.1, -0.05) is 18.2 Å². The molecule has 0 fully saturated rings. The molecule has 2 rings (SSSR count). The minimum absolute atomic E-state index is 0.112. The highest BCUT2D eigenvalue weighted by molar-refractivity contribution is 6.28. The molecule has 0 saturated carbocycles. The maximum atomic E-state index is 12.6. The molecule has 112 valence electrons. The molecule has 1 aromatic heterocycles. The fourth-order valence-electron chi connectivity index (χ4n) is 1.64. The summed E-state index contributed by atoms with van der Waals surface area (Å²) >= 11 is 5.48. The second kappa shape index (κ2) is 6.28. The topological polar surface area (TPSA) is 55.2 Å². The molecule has 0 aliphatic rings. The second-order valence-electron chi connectivity index (χ2n) is 4.04. The Morgan fingerprint density at radius 3 is 2.57 bits per heavy atom. The Hall–Kier alpha value is -1.86. The quantitative estimate of drug-likeness (QED) is 0.877. The van der Waals surface area contributed by atoms with Gasteiger partial charge < -0.3 is 9.84 Å². The molecule has 21 heavy (non-hydrogen) atoms. The van der Waals surface area contributed by atoms with Gasteiger partial charge in [0.15, 0.2) is 5.69 Å². The molecule has 0 aliphatic carbocycles. The standard InChI is InChI=1S/C13H10ClF3N2O2/c14-12-18-10(13(15,16)17)7-11(19-12)21-9-4-2-1-3-8(9)5-6-20/h1-4,7,20H,5-6H2. The van der Waals surface area contributed by atoms with Crippen LogP contribution < -0.4 is 4.74 Å². The van der Waals surface area contributed by atoms with Crippen LogP contribution in [0.1, 0.15) is 11.3 Å². The van der Waals surface area contributed by atoms with E-state index in [1.54, 1.807) is 24.3 Å². The molecule has 1 N–H and O–H groups in total. The van der Waals surface area contributed by atoms with E-state index in [0.29, 0.717) is 23.8 Å². The average molecular weight is 319 g/mol. The van der Waals surface area contributed by atoms with E-state index in [2.05, 4.69) is 9.97 Å². The molecule has 1 heterocycles. The van der Waals surface area contributed by atoms with Crippen molar-refractivity contribution in [1.29, 1.82) is 0 Å². The van der Waals surface area contributed by atoms with Crippen LogP contribution in [0.25, 0.3) is 0 Å². The third-order valence-electron chi connectivity index (χ3n) is 2.53. The lowest BCUT2D eigenvalue weighted by atomic mass is 10.1. The van der Waals surface area contributed by atoms with E-state index in [1.165, 1.54) is 0 Å². The summed E-state index contributed by atoms with van der Waals surface area (Å²) in [4.78, 5) is 6.73. The van der Waals surface area contributed by atoms with Gasteiger partial charge in [-0.05, 0) is 29.7 Å². The molecular formula is C13H10ClF3N2O2. The minimum atomic E-state index is -4.64. The molecule has 8 heteroatoms. The van der Waals surface area contributed by atoms with E-state index in [9.17, 15) is 13.2 Å². The van der Waals surface area contributed by atoms with Gasteiger partial charge in [-0.3, -0.25) is 0 Å². The van der Waals surface area contributed by atoms with Crippen molar-refractivity contribution in [2.75, 3.05) is 6.61 Å². The molecule has 0 aliphatic heterocycles. The Kier molecular flexibility index (Phi) is 4.64. The van der Waals surface area contributed by atoms with Gasteiger partial charge in [0.25, 0.3) is 0 Å². The second-order valence-corrected chi connectivity index (χ2v) is 4.38. The van der Waals surface area contributed by atoms with Gasteiger partial charge in [-0.2, -0.15) is 18.2 Å². The number of nitrogens with zero attached hydrogens (tertiary/aromatic N) is 2. The zero-order valence-electron chi connectivity index (χ0n) is 10.6. The molecule has 0 unspecified atom stereocenters. The number of hydrogen-bond acceptors (Lipinski definition) is 4. The first-order valence-corrected chi connectivity index (χ1v) is 6.26. The molecule has 4 nitrogen and oxygen atoms in total. The largest absolute Gasteiger partial charge is 0.439 e. The van der Waals surface area contributed by atoms with Crippen molar-refractivity contribution in [3.05, 3.63) is 46.9 Å². The highest BCUT2D eigenvalue weighted by atomic mass is 35.5. The number of halogens is 4. The number of para-hydroxylation sites is 1. The smallest absolute Gasteiger partial charge is 0.433 e. The van der Waals surface area contributed by atoms with E-state index in [0.717, 1.165) is 0 Å². The van der Waals surface area contributed by atoms with E-state index in [-0.39, 0.29) is 12.5 Å². The van der Waals surface area contributed by atoms with Crippen molar-refractivity contribution in [2.45, 2.75) is 12.6 Å². The fraction of sp³-hybridized carbons (Fsp3) is 0.231. The van der Waals surface area contributed by atoms with E-state index >= 15 is 0 Å². The SMILES string of the molecule is OCCc1ccccc1Oc1cc(C(F)(F)F)nc(Cl)n1. The third-order valence-corrected chi connectivity index (χ3v) is 2.70. The molecule has 0 amide bonds. The molecule has 0 bridgehead atoms. The zero-order valence-corrected chi connectivity index (χ0v) is 11.3. The number of alkyl halides is 3. The van der Waals surface area contributed by atoms with Crippen molar-refractivity contribution in [3.8, 4) is 11.6 Å². The predicted octanol–water partition coefficient (Wildman–Crippen LogP) is 3.48. The fourth-order valence-corrected chi connectivity index (χ4v) is 1.81. The van der Waals surface area contributed by atoms with E-state index in [4.69, 9.17) is 21.4 Å². The van der Waals surface area contributed by atoms with E-state index < -0.39 is 17.2 Å². The first kappa shape index (κ1) is 15.5. The lowest BCUT2D eigenvalue weighted by Crippen LogP contribution is -2.09. The number of aliphatic hydroxyl groups is 1. The van der Waals surface area contributed by atoms with Crippen LogP contribution in [-0.4, -0.2) is 21.7 Å². The van der Waals surface area contributed by atoms with Crippen LogP contribution in [0.3, 0.4) is 0 Å². The number of ether oxygens (including phenoxy) is 1. The Bertz CT molecular complexity index is 635. The summed E-state index contributed by atoms with van der Waals surface area (Å²) in [5.41, 5.74) is -0.541. The van der Waals surface area contributed by atoms with Crippen molar-refractivity contribution in [2.24, 2.45) is 0 Å². The number of aromatic nitrogens is 2. The van der Waals surface area contributed by atoms with Crippen LogP contribution in [0, 0.1) is 0 Å². The van der Waals surface area contributed by atoms with Gasteiger partial charge in [0.2, 0.25) is 11.2 Å². The van der Waals surface area contributed by atoms with Crippen molar-refractivity contribution in [3.63, 3.8) is 0 Å². The summed E-state index contributed by atoms with van der Waals surface area (Å²) < 4.78 is 43.3. The maximum Gasteiger partial charge on any atom is 0.433 e. The Balaban J connectivity index is 2.34. The summed E-state index contributed by atoms with van der Waals surface area (Å²) in [6, 6.07) is 7.31. The lowest BCUT2D eigenvalue weighted by Gasteiger charge is -2.11. The predicted molar refractivity (Wildman–Crippen MR) is 69.3 cm³/mol. The third kappa shape index (κ3) is 4.05. The number of aliphatic hydroxyl groups excluding tert-OH is 1. The van der Waals surface area contributed by atoms with Crippen LogP contribution in [-0.2, 0) is 12.6 Å². The van der Waals surface area contributed by atoms with Gasteiger partial charge in [-0.25, -0.2) is 4.98 Å². The van der Waals surface area contributed by atoms with Gasteiger partial charge in [0, 0.05) is 12.7 Å². The summed E-state index contributed by atoms with van der Waals surface area (Å²) in [6.07, 6.45) is -4.34. The van der Waals surface area contributed by atoms with Gasteiger partial charge in [0.1, 0.15) is 5.75 Å². The van der Waals surface area contributed by atoms with Crippen molar-refractivity contribution in [1.82, 2.24) is 9.97 Å². The molecule has 2 aromatic rings. The van der Waals surface area contributed by atoms with Crippen LogP contribution in [0.4, 0.5) is 13.2 Å². The van der Waals surface area contributed by atoms with Gasteiger partial charge in [-0.15, -0.1) is 0 Å². The average Bonchev–Trinajstić information content (AvgIpc) is 2.40. The summed E-state index contributed by atoms with van der Waals surface area (Å²) in [6.45, 7) is -0.112. The van der Waals surface area contributed by atoms with Crippen molar-refractivity contribution >= 4 is 11.6 Å². The van der Waals surface area contributed by atoms with Crippen LogP contribution in [0.5, 0.6) is 11.6 Å². The van der Waals surface area contributed by atoms with Crippen LogP contribution in [0.2, 0.25) is 5.28 Å². The first-order valence-electron chi connectivity index (χ1n) is 5.88. The number of rotatable bonds is 4. The summed E-state index contributed by atoms with van der Waals surface area (Å²) in [7, 11) is 0. The zero-order chi connectivity index (χ0) is 15.5. The Morgan fingerprint density at radius 1 is 1.19 bits per heavy atom. The highest BCUT2D eigenvalue weighted by Gasteiger charge is 2.34. The van der Waals surface area contributed by atoms with Gasteiger partial charge in [0.05, 0.1) is 0 Å². The molecule has 0 atom stereocenters. The van der Waals surface area contributed by atoms with Gasteiger partial charge >= 0.3 is 6.18 Å². The Labute approximate surface area is 123 Å².